The van der Waals surface area contributed by atoms with Crippen LogP contribution in [0.4, 0.5) is 0 Å². The van der Waals surface area contributed by atoms with Crippen molar-refractivity contribution >= 4 is 16.2 Å². The predicted octanol–water partition coefficient (Wildman–Crippen LogP) is 0.662. The first-order valence-corrected chi connectivity index (χ1v) is 8.61. The molecule has 0 aromatic rings. The molecule has 7 nitrogen and oxygen atoms in total. The lowest BCUT2D eigenvalue weighted by atomic mass is 9.98. The number of morpholine rings is 1. The third kappa shape index (κ3) is 4.64. The molecule has 1 rings (SSSR count). The van der Waals surface area contributed by atoms with Crippen molar-refractivity contribution in [2.75, 3.05) is 20.2 Å². The fourth-order valence-corrected chi connectivity index (χ4v) is 4.29. The normalized spacial score (nSPS) is 27.1. The number of rotatable bonds is 6. The van der Waals surface area contributed by atoms with Crippen LogP contribution in [0, 0.1) is 0 Å². The molecule has 0 aromatic heterocycles. The molecule has 0 aliphatic carbocycles. The van der Waals surface area contributed by atoms with E-state index in [1.807, 2.05) is 20.8 Å². The minimum absolute atomic E-state index is 0.180. The van der Waals surface area contributed by atoms with Crippen LogP contribution >= 0.6 is 0 Å². The maximum Gasteiger partial charge on any atom is 0.326 e. The molecule has 0 radical (unpaired) electrons. The second-order valence-electron chi connectivity index (χ2n) is 5.76. The van der Waals surface area contributed by atoms with Crippen LogP contribution in [0.1, 0.15) is 40.5 Å². The predicted molar refractivity (Wildman–Crippen MR) is 79.0 cm³/mol. The van der Waals surface area contributed by atoms with E-state index in [-0.39, 0.29) is 25.3 Å². The molecule has 0 aromatic carbocycles. The van der Waals surface area contributed by atoms with E-state index in [0.29, 0.717) is 12.8 Å². The smallest absolute Gasteiger partial charge is 0.326 e. The molecule has 1 N–H and O–H groups in total. The Bertz CT molecular complexity index is 457. The van der Waals surface area contributed by atoms with Gasteiger partial charge in [-0.2, -0.15) is 17.4 Å². The van der Waals surface area contributed by atoms with Gasteiger partial charge in [-0.15, -0.1) is 0 Å². The van der Waals surface area contributed by atoms with Gasteiger partial charge in [0.15, 0.2) is 0 Å². The molecule has 0 amide bonds. The zero-order valence-corrected chi connectivity index (χ0v) is 14.2. The zero-order valence-electron chi connectivity index (χ0n) is 13.4. The Morgan fingerprint density at radius 2 is 1.90 bits per heavy atom. The van der Waals surface area contributed by atoms with E-state index in [1.54, 1.807) is 6.92 Å². The summed E-state index contributed by atoms with van der Waals surface area (Å²) in [5.41, 5.74) is -1.26. The van der Waals surface area contributed by atoms with Crippen LogP contribution in [-0.2, 0) is 24.5 Å². The average Bonchev–Trinajstić information content (AvgIpc) is 2.36. The topological polar surface area (TPSA) is 84.9 Å². The van der Waals surface area contributed by atoms with E-state index in [9.17, 15) is 13.2 Å². The lowest BCUT2D eigenvalue weighted by Gasteiger charge is -2.37. The summed E-state index contributed by atoms with van der Waals surface area (Å²) in [6.07, 6.45) is 0.667. The van der Waals surface area contributed by atoms with Crippen molar-refractivity contribution < 1.29 is 22.7 Å². The van der Waals surface area contributed by atoms with Crippen LogP contribution < -0.4 is 4.72 Å². The lowest BCUT2D eigenvalue weighted by molar-refractivity contribution is -0.147. The second kappa shape index (κ2) is 7.04. The summed E-state index contributed by atoms with van der Waals surface area (Å²) in [5, 5.41) is 0. The van der Waals surface area contributed by atoms with Crippen molar-refractivity contribution in [3.8, 4) is 0 Å². The molecule has 3 atom stereocenters. The van der Waals surface area contributed by atoms with Crippen molar-refractivity contribution in [2.24, 2.45) is 0 Å². The molecule has 3 unspecified atom stereocenters. The summed E-state index contributed by atoms with van der Waals surface area (Å²) < 4.78 is 39.2. The zero-order chi connectivity index (χ0) is 16.3. The number of hydrogen-bond donors (Lipinski definition) is 1. The highest BCUT2D eigenvalue weighted by Crippen LogP contribution is 2.19. The number of methoxy groups -OCH3 is 1. The monoisotopic (exact) mass is 322 g/mol. The summed E-state index contributed by atoms with van der Waals surface area (Å²) in [4.78, 5) is 11.9. The van der Waals surface area contributed by atoms with Gasteiger partial charge in [0.1, 0.15) is 5.54 Å². The Morgan fingerprint density at radius 1 is 1.38 bits per heavy atom. The first-order valence-electron chi connectivity index (χ1n) is 7.17. The minimum Gasteiger partial charge on any atom is -0.468 e. The van der Waals surface area contributed by atoms with E-state index in [4.69, 9.17) is 9.47 Å². The number of carbonyl (C=O) groups is 1. The van der Waals surface area contributed by atoms with E-state index >= 15 is 0 Å². The van der Waals surface area contributed by atoms with E-state index < -0.39 is 21.7 Å². The van der Waals surface area contributed by atoms with Gasteiger partial charge in [-0.05, 0) is 27.2 Å². The van der Waals surface area contributed by atoms with Gasteiger partial charge in [0.25, 0.3) is 10.2 Å². The number of ether oxygens (including phenoxy) is 2. The van der Waals surface area contributed by atoms with Crippen molar-refractivity contribution in [3.63, 3.8) is 0 Å². The Hall–Kier alpha value is -0.700. The van der Waals surface area contributed by atoms with Crippen molar-refractivity contribution in [2.45, 2.75) is 58.3 Å². The van der Waals surface area contributed by atoms with E-state index in [1.165, 1.54) is 11.4 Å². The Morgan fingerprint density at radius 3 is 2.33 bits per heavy atom. The fourth-order valence-electron chi connectivity index (χ4n) is 2.60. The highest BCUT2D eigenvalue weighted by molar-refractivity contribution is 7.87. The molecule has 124 valence electrons. The lowest BCUT2D eigenvalue weighted by Crippen LogP contribution is -2.59. The molecule has 1 heterocycles. The highest BCUT2D eigenvalue weighted by atomic mass is 32.2. The molecule has 1 aliphatic heterocycles. The molecule has 1 saturated heterocycles. The summed E-state index contributed by atoms with van der Waals surface area (Å²) >= 11 is 0. The van der Waals surface area contributed by atoms with Crippen molar-refractivity contribution in [1.82, 2.24) is 9.03 Å². The highest BCUT2D eigenvalue weighted by Gasteiger charge is 2.41. The number of carbonyl (C=O) groups excluding carboxylic acids is 1. The molecule has 0 spiro atoms. The molecule has 1 aliphatic rings. The van der Waals surface area contributed by atoms with Crippen LogP contribution in [-0.4, -0.2) is 56.6 Å². The summed E-state index contributed by atoms with van der Waals surface area (Å²) in [7, 11) is -2.53. The van der Waals surface area contributed by atoms with Gasteiger partial charge in [-0.1, -0.05) is 13.3 Å². The third-order valence-corrected chi connectivity index (χ3v) is 5.15. The molecule has 1 fully saturated rings. The summed E-state index contributed by atoms with van der Waals surface area (Å²) in [6.45, 7) is 7.61. The Kier molecular flexibility index (Phi) is 6.15. The van der Waals surface area contributed by atoms with Gasteiger partial charge >= 0.3 is 5.97 Å². The Labute approximate surface area is 127 Å². The molecule has 21 heavy (non-hydrogen) atoms. The molecule has 8 heteroatoms. The fraction of sp³-hybridized carbons (Fsp3) is 0.923. The SMILES string of the molecule is CCCC(C)(NS(=O)(=O)N1CC(C)OC(C)C1)C(=O)OC. The van der Waals surface area contributed by atoms with Gasteiger partial charge in [-0.25, -0.2) is 0 Å². The summed E-state index contributed by atoms with van der Waals surface area (Å²) in [6, 6.07) is 0. The van der Waals surface area contributed by atoms with Crippen LogP contribution in [0.15, 0.2) is 0 Å². The van der Waals surface area contributed by atoms with Crippen molar-refractivity contribution in [1.29, 1.82) is 0 Å². The first kappa shape index (κ1) is 18.3. The van der Waals surface area contributed by atoms with Gasteiger partial charge in [0.2, 0.25) is 0 Å². The van der Waals surface area contributed by atoms with Crippen molar-refractivity contribution in [3.05, 3.63) is 0 Å². The number of nitrogens with zero attached hydrogens (tertiary/aromatic N) is 1. The maximum atomic E-state index is 12.5. The van der Waals surface area contributed by atoms with Crippen LogP contribution in [0.3, 0.4) is 0 Å². The summed E-state index contributed by atoms with van der Waals surface area (Å²) in [5.74, 6) is -0.581. The Balaban J connectivity index is 2.93. The van der Waals surface area contributed by atoms with Crippen LogP contribution in [0.2, 0.25) is 0 Å². The number of hydrogen-bond acceptors (Lipinski definition) is 5. The van der Waals surface area contributed by atoms with Gasteiger partial charge < -0.3 is 9.47 Å². The average molecular weight is 322 g/mol. The van der Waals surface area contributed by atoms with Crippen LogP contribution in [0.5, 0.6) is 0 Å². The quantitative estimate of drug-likeness (QED) is 0.726. The largest absolute Gasteiger partial charge is 0.468 e. The molecule has 0 saturated carbocycles. The van der Waals surface area contributed by atoms with Gasteiger partial charge in [-0.3, -0.25) is 4.79 Å². The maximum absolute atomic E-state index is 12.5. The number of esters is 1. The third-order valence-electron chi connectivity index (χ3n) is 3.47. The molecular formula is C13H26N2O5S. The van der Waals surface area contributed by atoms with E-state index in [2.05, 4.69) is 4.72 Å². The van der Waals surface area contributed by atoms with Gasteiger partial charge in [0, 0.05) is 13.1 Å². The first-order chi connectivity index (χ1) is 9.64. The molecule has 0 bridgehead atoms. The second-order valence-corrected chi connectivity index (χ2v) is 7.43. The standard InChI is InChI=1S/C13H26N2O5S/c1-6-7-13(4,12(16)19-5)14-21(17,18)15-8-10(2)20-11(3)9-15/h10-11,14H,6-9H2,1-5H3. The number of nitrogens with one attached hydrogen (secondary N) is 1. The van der Waals surface area contributed by atoms with E-state index in [0.717, 1.165) is 0 Å². The molecular weight excluding hydrogens is 296 g/mol. The van der Waals surface area contributed by atoms with Gasteiger partial charge in [0.05, 0.1) is 19.3 Å². The van der Waals surface area contributed by atoms with Crippen LogP contribution in [0.25, 0.3) is 0 Å². The minimum atomic E-state index is -3.78.